The Hall–Kier alpha value is -1.03. The summed E-state index contributed by atoms with van der Waals surface area (Å²) in [5, 5.41) is 12.2. The molecule has 0 amide bonds. The molecule has 1 rings (SSSR count). The second kappa shape index (κ2) is 5.74. The topological polar surface area (TPSA) is 67.8 Å². The zero-order chi connectivity index (χ0) is 13.8. The highest BCUT2D eigenvalue weighted by Crippen LogP contribution is 2.46. The lowest BCUT2D eigenvalue weighted by Crippen LogP contribution is -2.25. The number of hydrogen-bond donors (Lipinski definition) is 2. The number of aliphatic hydroxyl groups excluding tert-OH is 1. The van der Waals surface area contributed by atoms with Crippen molar-refractivity contribution in [3.05, 3.63) is 24.3 Å². The molecule has 0 aliphatic rings. The van der Waals surface area contributed by atoms with Gasteiger partial charge in [0, 0.05) is 18.3 Å². The van der Waals surface area contributed by atoms with Crippen molar-refractivity contribution in [2.75, 3.05) is 18.8 Å². The van der Waals surface area contributed by atoms with E-state index < -0.39 is 13.9 Å². The van der Waals surface area contributed by atoms with Gasteiger partial charge in [-0.3, -0.25) is 0 Å². The van der Waals surface area contributed by atoms with Gasteiger partial charge in [0.25, 0.3) is 0 Å². The Balaban J connectivity index is 2.75. The van der Waals surface area contributed by atoms with Gasteiger partial charge in [-0.15, -0.1) is 0 Å². The molecule has 0 bridgehead atoms. The molecule has 0 saturated carbocycles. The van der Waals surface area contributed by atoms with Crippen molar-refractivity contribution in [3.63, 3.8) is 0 Å². The molecule has 1 aromatic rings. The predicted molar refractivity (Wildman–Crippen MR) is 72.1 cm³/mol. The largest absolute Gasteiger partial charge is 0.423 e. The Bertz CT molecular complexity index is 417. The Labute approximate surface area is 108 Å². The van der Waals surface area contributed by atoms with Crippen LogP contribution in [0.15, 0.2) is 24.3 Å². The maximum Gasteiger partial charge on any atom is 0.404 e. The second-order valence-corrected chi connectivity index (χ2v) is 6.98. The fourth-order valence-corrected chi connectivity index (χ4v) is 2.01. The molecule has 1 unspecified atom stereocenters. The van der Waals surface area contributed by atoms with Crippen molar-refractivity contribution in [2.45, 2.75) is 26.3 Å². The molecule has 1 atom stereocenters. The monoisotopic (exact) mass is 273 g/mol. The highest BCUT2D eigenvalue weighted by atomic mass is 31.2. The van der Waals surface area contributed by atoms with Crippen LogP contribution in [-0.2, 0) is 9.09 Å². The van der Waals surface area contributed by atoms with Crippen molar-refractivity contribution < 1.29 is 18.7 Å². The molecule has 102 valence electrons. The Morgan fingerprint density at radius 3 is 2.22 bits per heavy atom. The van der Waals surface area contributed by atoms with Crippen LogP contribution in [0.3, 0.4) is 0 Å². The maximum atomic E-state index is 11.7. The standard InChI is InChI=1S/C12H20NO4P/c1-12(2,3)13-10-5-7-11(8-6-10)17-18(15,9-14)16-4/h5-8,13-14H,9H2,1-4H3. The van der Waals surface area contributed by atoms with E-state index in [4.69, 9.17) is 9.63 Å². The third-order valence-electron chi connectivity index (χ3n) is 2.07. The predicted octanol–water partition coefficient (Wildman–Crippen LogP) is 3.07. The summed E-state index contributed by atoms with van der Waals surface area (Å²) in [6.07, 6.45) is -0.647. The fraction of sp³-hybridized carbons (Fsp3) is 0.500. The van der Waals surface area contributed by atoms with Gasteiger partial charge >= 0.3 is 7.60 Å². The summed E-state index contributed by atoms with van der Waals surface area (Å²) in [5.74, 6) is 0.397. The van der Waals surface area contributed by atoms with E-state index in [1.54, 1.807) is 12.1 Å². The number of hydrogen-bond acceptors (Lipinski definition) is 5. The van der Waals surface area contributed by atoms with Gasteiger partial charge in [-0.2, -0.15) is 0 Å². The Morgan fingerprint density at radius 2 is 1.83 bits per heavy atom. The van der Waals surface area contributed by atoms with Crippen LogP contribution >= 0.6 is 7.60 Å². The summed E-state index contributed by atoms with van der Waals surface area (Å²) in [4.78, 5) is 0. The average molecular weight is 273 g/mol. The molecular weight excluding hydrogens is 253 g/mol. The lowest BCUT2D eigenvalue weighted by atomic mass is 10.1. The summed E-state index contributed by atoms with van der Waals surface area (Å²) >= 11 is 0. The minimum absolute atomic E-state index is 0.0324. The van der Waals surface area contributed by atoms with Crippen LogP contribution in [0.2, 0.25) is 0 Å². The number of aliphatic hydroxyl groups is 1. The summed E-state index contributed by atoms with van der Waals surface area (Å²) in [7, 11) is -2.18. The molecule has 1 aromatic carbocycles. The summed E-state index contributed by atoms with van der Waals surface area (Å²) in [5.41, 5.74) is 0.904. The van der Waals surface area contributed by atoms with Gasteiger partial charge in [0.05, 0.1) is 0 Å². The van der Waals surface area contributed by atoms with Gasteiger partial charge in [-0.05, 0) is 45.0 Å². The normalized spacial score (nSPS) is 14.9. The molecule has 5 nitrogen and oxygen atoms in total. The maximum absolute atomic E-state index is 11.7. The molecule has 0 fully saturated rings. The van der Waals surface area contributed by atoms with Gasteiger partial charge < -0.3 is 19.5 Å². The van der Waals surface area contributed by atoms with E-state index in [0.717, 1.165) is 5.69 Å². The average Bonchev–Trinajstić information content (AvgIpc) is 2.30. The van der Waals surface area contributed by atoms with E-state index in [2.05, 4.69) is 30.6 Å². The number of benzene rings is 1. The van der Waals surface area contributed by atoms with E-state index in [1.165, 1.54) is 7.11 Å². The van der Waals surface area contributed by atoms with Crippen LogP contribution in [0.4, 0.5) is 5.69 Å². The number of anilines is 1. The highest BCUT2D eigenvalue weighted by molar-refractivity contribution is 7.54. The number of nitrogens with one attached hydrogen (secondary N) is 1. The summed E-state index contributed by atoms with van der Waals surface area (Å²) in [6.45, 7) is 6.17. The molecule has 0 aromatic heterocycles. The van der Waals surface area contributed by atoms with E-state index >= 15 is 0 Å². The molecule has 0 aliphatic carbocycles. The molecule has 6 heteroatoms. The minimum atomic E-state index is -3.42. The van der Waals surface area contributed by atoms with Crippen LogP contribution in [0.1, 0.15) is 20.8 Å². The van der Waals surface area contributed by atoms with E-state index in [0.29, 0.717) is 5.75 Å². The lowest BCUT2D eigenvalue weighted by molar-refractivity contribution is 0.264. The fourth-order valence-electron chi connectivity index (χ4n) is 1.32. The van der Waals surface area contributed by atoms with Crippen LogP contribution in [0.25, 0.3) is 0 Å². The molecule has 0 spiro atoms. The van der Waals surface area contributed by atoms with Crippen LogP contribution < -0.4 is 9.84 Å². The van der Waals surface area contributed by atoms with Crippen LogP contribution in [0, 0.1) is 0 Å². The smallest absolute Gasteiger partial charge is 0.404 e. The molecule has 0 aliphatic heterocycles. The Morgan fingerprint density at radius 1 is 1.28 bits per heavy atom. The zero-order valence-corrected chi connectivity index (χ0v) is 12.0. The van der Waals surface area contributed by atoms with Gasteiger partial charge in [0.1, 0.15) is 5.75 Å². The molecule has 0 radical (unpaired) electrons. The first-order valence-corrected chi connectivity index (χ1v) is 7.34. The van der Waals surface area contributed by atoms with Crippen LogP contribution in [-0.4, -0.2) is 24.1 Å². The summed E-state index contributed by atoms with van der Waals surface area (Å²) in [6, 6.07) is 6.99. The first kappa shape index (κ1) is 15.0. The first-order valence-electron chi connectivity index (χ1n) is 5.61. The molecule has 0 saturated heterocycles. The molecule has 18 heavy (non-hydrogen) atoms. The second-order valence-electron chi connectivity index (χ2n) is 4.93. The van der Waals surface area contributed by atoms with Crippen molar-refractivity contribution in [3.8, 4) is 5.75 Å². The third kappa shape index (κ3) is 4.69. The zero-order valence-electron chi connectivity index (χ0n) is 11.1. The molecule has 2 N–H and O–H groups in total. The minimum Gasteiger partial charge on any atom is -0.423 e. The van der Waals surface area contributed by atoms with Gasteiger partial charge in [0.15, 0.2) is 6.35 Å². The third-order valence-corrected chi connectivity index (χ3v) is 3.46. The van der Waals surface area contributed by atoms with E-state index in [-0.39, 0.29) is 5.54 Å². The van der Waals surface area contributed by atoms with Crippen molar-refractivity contribution in [1.82, 2.24) is 0 Å². The van der Waals surface area contributed by atoms with Crippen LogP contribution in [0.5, 0.6) is 5.75 Å². The van der Waals surface area contributed by atoms with Crippen molar-refractivity contribution in [2.24, 2.45) is 0 Å². The van der Waals surface area contributed by atoms with Gasteiger partial charge in [-0.25, -0.2) is 4.57 Å². The SMILES string of the molecule is COP(=O)(CO)Oc1ccc(NC(C)(C)C)cc1. The van der Waals surface area contributed by atoms with E-state index in [1.807, 2.05) is 12.1 Å². The van der Waals surface area contributed by atoms with Gasteiger partial charge in [-0.1, -0.05) is 0 Å². The van der Waals surface area contributed by atoms with Gasteiger partial charge in [0.2, 0.25) is 0 Å². The number of rotatable bonds is 5. The van der Waals surface area contributed by atoms with Crippen molar-refractivity contribution >= 4 is 13.3 Å². The molecular formula is C12H20NO4P. The van der Waals surface area contributed by atoms with E-state index in [9.17, 15) is 4.57 Å². The van der Waals surface area contributed by atoms with Crippen molar-refractivity contribution in [1.29, 1.82) is 0 Å². The lowest BCUT2D eigenvalue weighted by Gasteiger charge is -2.22. The highest BCUT2D eigenvalue weighted by Gasteiger charge is 2.23. The molecule has 0 heterocycles. The quantitative estimate of drug-likeness (QED) is 0.807. The first-order chi connectivity index (χ1) is 8.28. The Kier molecular flexibility index (Phi) is 4.79. The summed E-state index contributed by atoms with van der Waals surface area (Å²) < 4.78 is 21.5.